The van der Waals surface area contributed by atoms with E-state index < -0.39 is 5.60 Å². The Morgan fingerprint density at radius 2 is 2.00 bits per heavy atom. The second kappa shape index (κ2) is 9.61. The van der Waals surface area contributed by atoms with Crippen molar-refractivity contribution in [1.29, 1.82) is 0 Å². The van der Waals surface area contributed by atoms with Crippen LogP contribution in [0.5, 0.6) is 0 Å². The Morgan fingerprint density at radius 3 is 2.56 bits per heavy atom. The van der Waals surface area contributed by atoms with Gasteiger partial charge in [0, 0.05) is 13.1 Å². The normalized spacial score (nSPS) is 18.7. The van der Waals surface area contributed by atoms with Crippen molar-refractivity contribution < 1.29 is 5.11 Å². The minimum atomic E-state index is -0.589. The average molecular weight is 367 g/mol. The maximum absolute atomic E-state index is 10.3. The predicted molar refractivity (Wildman–Crippen MR) is 87.6 cm³/mol. The zero-order valence-electron chi connectivity index (χ0n) is 11.2. The van der Waals surface area contributed by atoms with E-state index in [-0.39, 0.29) is 24.0 Å². The highest BCUT2D eigenvalue weighted by atomic mass is 127. The Labute approximate surface area is 127 Å². The Balaban J connectivity index is 0.00000289. The van der Waals surface area contributed by atoms with Crippen molar-refractivity contribution in [1.82, 2.24) is 10.6 Å². The van der Waals surface area contributed by atoms with Crippen LogP contribution in [0.15, 0.2) is 17.6 Å². The lowest BCUT2D eigenvalue weighted by Gasteiger charge is -2.30. The largest absolute Gasteiger partial charge is 0.388 e. The molecule has 0 unspecified atom stereocenters. The van der Waals surface area contributed by atoms with Crippen LogP contribution in [0.3, 0.4) is 0 Å². The highest BCUT2D eigenvalue weighted by Gasteiger charge is 2.28. The van der Waals surface area contributed by atoms with Gasteiger partial charge in [-0.05, 0) is 19.8 Å². The molecule has 1 aliphatic rings. The smallest absolute Gasteiger partial charge is 0.191 e. The molecule has 0 heterocycles. The summed E-state index contributed by atoms with van der Waals surface area (Å²) in [5, 5.41) is 16.6. The molecule has 0 aromatic carbocycles. The van der Waals surface area contributed by atoms with Gasteiger partial charge in [0.05, 0.1) is 12.1 Å². The fraction of sp³-hybridized carbons (Fsp3) is 0.769. The standard InChI is InChI=1S/C13H25N3O.HI/c1-3-10-15-12(14-4-2)16-11-13(17)8-6-5-7-9-13;/h3,17H,1,4-11H2,2H3,(H2,14,15,16);1H. The highest BCUT2D eigenvalue weighted by Crippen LogP contribution is 2.28. The Morgan fingerprint density at radius 1 is 1.33 bits per heavy atom. The Kier molecular flexibility index (Phi) is 9.45. The molecule has 0 saturated heterocycles. The molecule has 106 valence electrons. The van der Waals surface area contributed by atoms with Gasteiger partial charge in [-0.3, -0.25) is 4.99 Å². The van der Waals surface area contributed by atoms with Crippen molar-refractivity contribution in [3.8, 4) is 0 Å². The molecule has 0 atom stereocenters. The minimum absolute atomic E-state index is 0. The summed E-state index contributed by atoms with van der Waals surface area (Å²) in [5.74, 6) is 0.756. The quantitative estimate of drug-likeness (QED) is 0.302. The van der Waals surface area contributed by atoms with E-state index in [4.69, 9.17) is 0 Å². The first-order valence-electron chi connectivity index (χ1n) is 6.55. The van der Waals surface area contributed by atoms with Gasteiger partial charge in [-0.2, -0.15) is 0 Å². The number of halogens is 1. The van der Waals surface area contributed by atoms with Crippen LogP contribution < -0.4 is 10.6 Å². The molecule has 18 heavy (non-hydrogen) atoms. The van der Waals surface area contributed by atoms with Crippen molar-refractivity contribution in [2.45, 2.75) is 44.6 Å². The summed E-state index contributed by atoms with van der Waals surface area (Å²) in [6, 6.07) is 0. The maximum Gasteiger partial charge on any atom is 0.191 e. The van der Waals surface area contributed by atoms with Crippen molar-refractivity contribution in [2.75, 3.05) is 19.6 Å². The molecule has 0 aliphatic heterocycles. The molecule has 1 saturated carbocycles. The van der Waals surface area contributed by atoms with Crippen molar-refractivity contribution in [3.63, 3.8) is 0 Å². The first-order valence-corrected chi connectivity index (χ1v) is 6.55. The number of hydrogen-bond donors (Lipinski definition) is 3. The molecule has 1 fully saturated rings. The van der Waals surface area contributed by atoms with Gasteiger partial charge in [0.2, 0.25) is 0 Å². The molecule has 0 radical (unpaired) electrons. The van der Waals surface area contributed by atoms with Crippen LogP contribution in [-0.2, 0) is 0 Å². The second-order valence-electron chi connectivity index (χ2n) is 4.65. The summed E-state index contributed by atoms with van der Waals surface area (Å²) in [5.41, 5.74) is -0.589. The van der Waals surface area contributed by atoms with Crippen LogP contribution in [0.25, 0.3) is 0 Å². The van der Waals surface area contributed by atoms with Crippen molar-refractivity contribution >= 4 is 29.9 Å². The number of nitrogens with zero attached hydrogens (tertiary/aromatic N) is 1. The summed E-state index contributed by atoms with van der Waals surface area (Å²) >= 11 is 0. The number of hydrogen-bond acceptors (Lipinski definition) is 2. The van der Waals surface area contributed by atoms with Gasteiger partial charge in [0.25, 0.3) is 0 Å². The molecule has 1 rings (SSSR count). The average Bonchev–Trinajstić information content (AvgIpc) is 2.34. The van der Waals surface area contributed by atoms with E-state index >= 15 is 0 Å². The molecule has 0 aromatic heterocycles. The SMILES string of the molecule is C=CCNC(=NCC1(O)CCCCC1)NCC.I. The third kappa shape index (κ3) is 6.58. The second-order valence-corrected chi connectivity index (χ2v) is 4.65. The molecule has 1 aliphatic carbocycles. The number of nitrogens with one attached hydrogen (secondary N) is 2. The molecule has 5 heteroatoms. The lowest BCUT2D eigenvalue weighted by Crippen LogP contribution is -2.40. The summed E-state index contributed by atoms with van der Waals surface area (Å²) in [4.78, 5) is 4.44. The fourth-order valence-electron chi connectivity index (χ4n) is 2.10. The van der Waals surface area contributed by atoms with Crippen LogP contribution in [0, 0.1) is 0 Å². The molecule has 0 spiro atoms. The van der Waals surface area contributed by atoms with Crippen LogP contribution in [0.1, 0.15) is 39.0 Å². The first kappa shape index (κ1) is 17.7. The molecular formula is C13H26IN3O. The zero-order chi connectivity index (χ0) is 12.6. The van der Waals surface area contributed by atoms with E-state index in [1.807, 2.05) is 6.92 Å². The van der Waals surface area contributed by atoms with Crippen molar-refractivity contribution in [3.05, 3.63) is 12.7 Å². The first-order chi connectivity index (χ1) is 8.20. The van der Waals surface area contributed by atoms with Crippen molar-refractivity contribution in [2.24, 2.45) is 4.99 Å². The molecule has 0 amide bonds. The summed E-state index contributed by atoms with van der Waals surface area (Å²) < 4.78 is 0. The molecule has 0 bridgehead atoms. The molecule has 3 N–H and O–H groups in total. The van der Waals surface area contributed by atoms with Crippen LogP contribution in [0.4, 0.5) is 0 Å². The monoisotopic (exact) mass is 367 g/mol. The van der Waals surface area contributed by atoms with Gasteiger partial charge in [-0.25, -0.2) is 0 Å². The third-order valence-electron chi connectivity index (χ3n) is 3.07. The Bertz CT molecular complexity index is 263. The molecule has 4 nitrogen and oxygen atoms in total. The number of aliphatic hydroxyl groups is 1. The van der Waals surface area contributed by atoms with E-state index in [9.17, 15) is 5.11 Å². The lowest BCUT2D eigenvalue weighted by atomic mass is 9.85. The lowest BCUT2D eigenvalue weighted by molar-refractivity contribution is 0.0131. The maximum atomic E-state index is 10.3. The van der Waals surface area contributed by atoms with Crippen LogP contribution in [-0.4, -0.2) is 36.3 Å². The van der Waals surface area contributed by atoms with Gasteiger partial charge in [0.1, 0.15) is 0 Å². The fourth-order valence-corrected chi connectivity index (χ4v) is 2.10. The van der Waals surface area contributed by atoms with Crippen LogP contribution >= 0.6 is 24.0 Å². The number of aliphatic imine (C=N–C) groups is 1. The molecular weight excluding hydrogens is 341 g/mol. The zero-order valence-corrected chi connectivity index (χ0v) is 13.6. The van der Waals surface area contributed by atoms with Gasteiger partial charge in [-0.15, -0.1) is 30.6 Å². The van der Waals surface area contributed by atoms with E-state index in [1.54, 1.807) is 6.08 Å². The van der Waals surface area contributed by atoms with Crippen LogP contribution in [0.2, 0.25) is 0 Å². The summed E-state index contributed by atoms with van der Waals surface area (Å²) in [6.07, 6.45) is 7.00. The minimum Gasteiger partial charge on any atom is -0.388 e. The van der Waals surface area contributed by atoms with Gasteiger partial charge < -0.3 is 15.7 Å². The number of guanidine groups is 1. The van der Waals surface area contributed by atoms with E-state index in [0.29, 0.717) is 13.1 Å². The summed E-state index contributed by atoms with van der Waals surface area (Å²) in [7, 11) is 0. The Hall–Kier alpha value is -0.300. The molecule has 0 aromatic rings. The van der Waals surface area contributed by atoms with E-state index in [0.717, 1.165) is 38.2 Å². The third-order valence-corrected chi connectivity index (χ3v) is 3.07. The van der Waals surface area contributed by atoms with E-state index in [2.05, 4.69) is 22.2 Å². The van der Waals surface area contributed by atoms with E-state index in [1.165, 1.54) is 6.42 Å². The van der Waals surface area contributed by atoms with Gasteiger partial charge in [0.15, 0.2) is 5.96 Å². The highest BCUT2D eigenvalue weighted by molar-refractivity contribution is 14.0. The topological polar surface area (TPSA) is 56.7 Å². The van der Waals surface area contributed by atoms with Gasteiger partial charge >= 0.3 is 0 Å². The number of rotatable bonds is 5. The summed E-state index contributed by atoms with van der Waals surface area (Å²) in [6.45, 7) is 7.68. The predicted octanol–water partition coefficient (Wildman–Crippen LogP) is 2.04. The van der Waals surface area contributed by atoms with Gasteiger partial charge in [-0.1, -0.05) is 25.3 Å².